The maximum Gasteiger partial charge on any atom is 0.155 e. The summed E-state index contributed by atoms with van der Waals surface area (Å²) in [6.07, 6.45) is 2.51. The highest BCUT2D eigenvalue weighted by molar-refractivity contribution is 9.10. The van der Waals surface area contributed by atoms with Crippen molar-refractivity contribution in [1.29, 1.82) is 0 Å². The highest BCUT2D eigenvalue weighted by atomic mass is 79.9. The Morgan fingerprint density at radius 1 is 1.67 bits per heavy atom. The lowest BCUT2D eigenvalue weighted by atomic mass is 10.2. The van der Waals surface area contributed by atoms with Crippen molar-refractivity contribution in [2.75, 3.05) is 11.6 Å². The average Bonchev–Trinajstić information content (AvgIpc) is 2.46. The Balaban J connectivity index is 2.47. The number of hydrogen-bond acceptors (Lipinski definition) is 3. The molecule has 12 heavy (non-hydrogen) atoms. The number of pyridine rings is 1. The molecule has 5 heteroatoms. The first-order valence-electron chi connectivity index (χ1n) is 3.56. The van der Waals surface area contributed by atoms with Gasteiger partial charge in [-0.15, -0.1) is 4.91 Å². The molecule has 0 atom stereocenters. The molecule has 0 unspecified atom stereocenters. The van der Waals surface area contributed by atoms with Crippen LogP contribution in [-0.2, 0) is 6.42 Å². The normalized spacial score (nSPS) is 14.6. The summed E-state index contributed by atoms with van der Waals surface area (Å²) in [5, 5.41) is 4.24. The molecule has 1 aliphatic rings. The van der Waals surface area contributed by atoms with Crippen LogP contribution in [0.4, 0.5) is 5.82 Å². The van der Waals surface area contributed by atoms with Gasteiger partial charge in [0.15, 0.2) is 5.82 Å². The number of anilines is 1. The first-order chi connectivity index (χ1) is 5.81. The number of halogens is 1. The van der Waals surface area contributed by atoms with E-state index in [1.807, 2.05) is 6.07 Å². The lowest BCUT2D eigenvalue weighted by molar-refractivity contribution is 0.873. The first-order valence-corrected chi connectivity index (χ1v) is 4.36. The third-order valence-electron chi connectivity index (χ3n) is 1.85. The first kappa shape index (κ1) is 7.67. The van der Waals surface area contributed by atoms with Crippen molar-refractivity contribution >= 4 is 21.7 Å². The fraction of sp³-hybridized carbons (Fsp3) is 0.286. The zero-order chi connectivity index (χ0) is 8.55. The van der Waals surface area contributed by atoms with Crippen molar-refractivity contribution < 1.29 is 0 Å². The minimum absolute atomic E-state index is 0.641. The Morgan fingerprint density at radius 3 is 3.25 bits per heavy atom. The number of fused-ring (bicyclic) bond motifs is 1. The van der Waals surface area contributed by atoms with E-state index in [0.717, 1.165) is 16.5 Å². The second-order valence-corrected chi connectivity index (χ2v) is 3.51. The van der Waals surface area contributed by atoms with Crippen LogP contribution in [0, 0.1) is 4.91 Å². The molecule has 0 aromatic carbocycles. The predicted octanol–water partition coefficient (Wildman–Crippen LogP) is 1.89. The van der Waals surface area contributed by atoms with E-state index in [2.05, 4.69) is 26.2 Å². The molecule has 1 aromatic rings. The number of hydrogen-bond donors (Lipinski definition) is 0. The van der Waals surface area contributed by atoms with Crippen LogP contribution in [0.2, 0.25) is 0 Å². The van der Waals surface area contributed by atoms with Gasteiger partial charge in [0.1, 0.15) is 0 Å². The van der Waals surface area contributed by atoms with Gasteiger partial charge in [-0.3, -0.25) is 0 Å². The van der Waals surface area contributed by atoms with Crippen molar-refractivity contribution in [3.63, 3.8) is 0 Å². The van der Waals surface area contributed by atoms with Crippen LogP contribution < -0.4 is 5.01 Å². The van der Waals surface area contributed by atoms with Crippen molar-refractivity contribution in [2.24, 2.45) is 5.29 Å². The molecule has 62 valence electrons. The molecule has 0 saturated heterocycles. The van der Waals surface area contributed by atoms with Gasteiger partial charge in [-0.2, -0.15) is 0 Å². The number of rotatable bonds is 1. The lowest BCUT2D eigenvalue weighted by Crippen LogP contribution is -2.11. The SMILES string of the molecule is O=NN1CCc2cc(Br)cnc21. The monoisotopic (exact) mass is 227 g/mol. The Morgan fingerprint density at radius 2 is 2.50 bits per heavy atom. The molecular formula is C7H6BrN3O. The Labute approximate surface area is 77.7 Å². The molecule has 1 aliphatic heterocycles. The molecule has 0 radical (unpaired) electrons. The number of aromatic nitrogens is 1. The van der Waals surface area contributed by atoms with E-state index in [-0.39, 0.29) is 0 Å². The minimum atomic E-state index is 0.641. The molecule has 0 N–H and O–H groups in total. The van der Waals surface area contributed by atoms with E-state index in [1.54, 1.807) is 6.20 Å². The van der Waals surface area contributed by atoms with Gasteiger partial charge < -0.3 is 0 Å². The van der Waals surface area contributed by atoms with Crippen molar-refractivity contribution in [1.82, 2.24) is 4.98 Å². The zero-order valence-electron chi connectivity index (χ0n) is 6.20. The third kappa shape index (κ3) is 1.10. The maximum absolute atomic E-state index is 10.3. The average molecular weight is 228 g/mol. The largest absolute Gasteiger partial charge is 0.236 e. The second kappa shape index (κ2) is 2.82. The Hall–Kier alpha value is -0.970. The minimum Gasteiger partial charge on any atom is -0.236 e. The van der Waals surface area contributed by atoms with Crippen LogP contribution in [0.15, 0.2) is 22.0 Å². The smallest absolute Gasteiger partial charge is 0.155 e. The summed E-state index contributed by atoms with van der Waals surface area (Å²) in [7, 11) is 0. The summed E-state index contributed by atoms with van der Waals surface area (Å²) in [5.41, 5.74) is 1.07. The predicted molar refractivity (Wildman–Crippen MR) is 48.8 cm³/mol. The summed E-state index contributed by atoms with van der Waals surface area (Å²) in [6.45, 7) is 0.641. The van der Waals surface area contributed by atoms with E-state index in [1.165, 1.54) is 5.01 Å². The fourth-order valence-corrected chi connectivity index (χ4v) is 1.68. The molecule has 0 saturated carbocycles. The van der Waals surface area contributed by atoms with Crippen LogP contribution in [-0.4, -0.2) is 11.5 Å². The zero-order valence-corrected chi connectivity index (χ0v) is 7.78. The molecule has 2 rings (SSSR count). The summed E-state index contributed by atoms with van der Waals surface area (Å²) in [5.74, 6) is 0.688. The molecule has 0 fully saturated rings. The third-order valence-corrected chi connectivity index (χ3v) is 2.28. The van der Waals surface area contributed by atoms with Gasteiger partial charge in [-0.05, 0) is 34.0 Å². The molecule has 2 heterocycles. The molecular weight excluding hydrogens is 222 g/mol. The molecule has 0 amide bonds. The van der Waals surface area contributed by atoms with Gasteiger partial charge in [-0.1, -0.05) is 0 Å². The molecule has 0 aliphatic carbocycles. The van der Waals surface area contributed by atoms with Crippen LogP contribution in [0.3, 0.4) is 0 Å². The van der Waals surface area contributed by atoms with Gasteiger partial charge in [0, 0.05) is 10.7 Å². The standard InChI is InChI=1S/C7H6BrN3O/c8-6-3-5-1-2-11(10-12)7(5)9-4-6/h3-4H,1-2H2. The number of nitroso groups, excluding NO2 is 1. The van der Waals surface area contributed by atoms with Gasteiger partial charge in [0.2, 0.25) is 0 Å². The fourth-order valence-electron chi connectivity index (χ4n) is 1.30. The van der Waals surface area contributed by atoms with E-state index in [4.69, 9.17) is 0 Å². The van der Waals surface area contributed by atoms with E-state index < -0.39 is 0 Å². The molecule has 0 bridgehead atoms. The van der Waals surface area contributed by atoms with Crippen LogP contribution in [0.5, 0.6) is 0 Å². The van der Waals surface area contributed by atoms with E-state index >= 15 is 0 Å². The summed E-state index contributed by atoms with van der Waals surface area (Å²) in [6, 6.07) is 1.97. The summed E-state index contributed by atoms with van der Waals surface area (Å²) >= 11 is 3.32. The van der Waals surface area contributed by atoms with Gasteiger partial charge in [-0.25, -0.2) is 9.99 Å². The summed E-state index contributed by atoms with van der Waals surface area (Å²) in [4.78, 5) is 14.4. The highest BCUT2D eigenvalue weighted by Crippen LogP contribution is 2.27. The lowest BCUT2D eigenvalue weighted by Gasteiger charge is -2.05. The summed E-state index contributed by atoms with van der Waals surface area (Å²) < 4.78 is 0.939. The molecule has 0 spiro atoms. The van der Waals surface area contributed by atoms with E-state index in [0.29, 0.717) is 12.4 Å². The van der Waals surface area contributed by atoms with Crippen molar-refractivity contribution in [3.05, 3.63) is 27.2 Å². The topological polar surface area (TPSA) is 45.6 Å². The van der Waals surface area contributed by atoms with Crippen LogP contribution in [0.1, 0.15) is 5.56 Å². The van der Waals surface area contributed by atoms with Crippen molar-refractivity contribution in [3.8, 4) is 0 Å². The second-order valence-electron chi connectivity index (χ2n) is 2.59. The van der Waals surface area contributed by atoms with Gasteiger partial charge >= 0.3 is 0 Å². The van der Waals surface area contributed by atoms with Crippen LogP contribution >= 0.6 is 15.9 Å². The molecule has 4 nitrogen and oxygen atoms in total. The Bertz CT molecular complexity index is 328. The molecule has 1 aromatic heterocycles. The maximum atomic E-state index is 10.3. The number of nitrogens with zero attached hydrogens (tertiary/aromatic N) is 3. The quantitative estimate of drug-likeness (QED) is 0.689. The van der Waals surface area contributed by atoms with Crippen LogP contribution in [0.25, 0.3) is 0 Å². The highest BCUT2D eigenvalue weighted by Gasteiger charge is 2.20. The Kier molecular flexibility index (Phi) is 1.80. The van der Waals surface area contributed by atoms with Gasteiger partial charge in [0.05, 0.1) is 11.8 Å². The van der Waals surface area contributed by atoms with Gasteiger partial charge in [0.25, 0.3) is 0 Å². The van der Waals surface area contributed by atoms with E-state index in [9.17, 15) is 4.91 Å². The van der Waals surface area contributed by atoms with Crippen molar-refractivity contribution in [2.45, 2.75) is 6.42 Å².